The van der Waals surface area contributed by atoms with Crippen molar-refractivity contribution in [3.8, 4) is 5.75 Å². The molecule has 0 atom stereocenters. The van der Waals surface area contributed by atoms with Gasteiger partial charge in [0.05, 0.1) is 37.2 Å². The lowest BCUT2D eigenvalue weighted by molar-refractivity contribution is -0.131. The van der Waals surface area contributed by atoms with Crippen LogP contribution in [0, 0.1) is 0 Å². The van der Waals surface area contributed by atoms with E-state index in [4.69, 9.17) is 20.8 Å². The highest BCUT2D eigenvalue weighted by atomic mass is 35.5. The smallest absolute Gasteiger partial charge is 0.258 e. The van der Waals surface area contributed by atoms with Crippen molar-refractivity contribution in [1.29, 1.82) is 0 Å². The maximum Gasteiger partial charge on any atom is 0.258 e. The van der Waals surface area contributed by atoms with Crippen molar-refractivity contribution in [2.75, 3.05) is 13.7 Å². The van der Waals surface area contributed by atoms with Crippen molar-refractivity contribution < 1.29 is 13.9 Å². The minimum Gasteiger partial charge on any atom is -0.497 e. The van der Waals surface area contributed by atoms with Crippen LogP contribution in [0.3, 0.4) is 0 Å². The van der Waals surface area contributed by atoms with E-state index in [9.17, 15) is 9.59 Å². The third-order valence-electron chi connectivity index (χ3n) is 5.11. The molecule has 2 aromatic carbocycles. The molecular weight excluding hydrogens is 418 g/mol. The number of amides is 1. The minimum atomic E-state index is -0.254. The molecule has 160 valence electrons. The maximum absolute atomic E-state index is 13.1. The van der Waals surface area contributed by atoms with Gasteiger partial charge in [0.15, 0.2) is 0 Å². The van der Waals surface area contributed by atoms with Crippen LogP contribution < -0.4 is 10.3 Å². The SMILES string of the molecule is CCCN(Cc1nc2cc(Cl)ccc2c(=O)[nH]1)C(=O)Cc1coc2cc(OC)ccc12. The molecule has 2 aromatic heterocycles. The second kappa shape index (κ2) is 8.81. The Morgan fingerprint density at radius 2 is 2.03 bits per heavy atom. The summed E-state index contributed by atoms with van der Waals surface area (Å²) in [6.07, 6.45) is 2.56. The minimum absolute atomic E-state index is 0.0748. The molecule has 0 aliphatic carbocycles. The fourth-order valence-electron chi connectivity index (χ4n) is 3.58. The van der Waals surface area contributed by atoms with E-state index in [-0.39, 0.29) is 24.4 Å². The Hall–Kier alpha value is -3.32. The predicted octanol–water partition coefficient (Wildman–Crippen LogP) is 4.31. The number of furan rings is 1. The van der Waals surface area contributed by atoms with Gasteiger partial charge in [0.1, 0.15) is 17.2 Å². The van der Waals surface area contributed by atoms with Crippen LogP contribution in [0.25, 0.3) is 21.9 Å². The van der Waals surface area contributed by atoms with E-state index in [0.717, 1.165) is 17.4 Å². The van der Waals surface area contributed by atoms with Crippen LogP contribution in [0.2, 0.25) is 5.02 Å². The largest absolute Gasteiger partial charge is 0.497 e. The fraction of sp³-hybridized carbons (Fsp3) is 0.261. The Morgan fingerprint density at radius 1 is 1.23 bits per heavy atom. The zero-order valence-corrected chi connectivity index (χ0v) is 18.0. The van der Waals surface area contributed by atoms with Crippen molar-refractivity contribution in [2.24, 2.45) is 0 Å². The number of nitrogens with one attached hydrogen (secondary N) is 1. The van der Waals surface area contributed by atoms with Gasteiger partial charge in [-0.25, -0.2) is 4.98 Å². The van der Waals surface area contributed by atoms with E-state index >= 15 is 0 Å². The van der Waals surface area contributed by atoms with E-state index < -0.39 is 0 Å². The molecule has 31 heavy (non-hydrogen) atoms. The Labute approximate surface area is 183 Å². The number of rotatable bonds is 7. The summed E-state index contributed by atoms with van der Waals surface area (Å²) in [4.78, 5) is 34.5. The Kier molecular flexibility index (Phi) is 5.95. The zero-order valence-electron chi connectivity index (χ0n) is 17.3. The van der Waals surface area contributed by atoms with E-state index in [1.165, 1.54) is 0 Å². The van der Waals surface area contributed by atoms with Gasteiger partial charge in [0.2, 0.25) is 5.91 Å². The molecule has 7 nitrogen and oxygen atoms in total. The highest BCUT2D eigenvalue weighted by molar-refractivity contribution is 6.31. The van der Waals surface area contributed by atoms with Gasteiger partial charge in [0.25, 0.3) is 5.56 Å². The third kappa shape index (κ3) is 4.41. The van der Waals surface area contributed by atoms with Gasteiger partial charge in [-0.05, 0) is 36.8 Å². The number of hydrogen-bond donors (Lipinski definition) is 1. The lowest BCUT2D eigenvalue weighted by Gasteiger charge is -2.21. The number of halogens is 1. The van der Waals surface area contributed by atoms with E-state index in [0.29, 0.717) is 39.6 Å². The molecule has 0 saturated heterocycles. The van der Waals surface area contributed by atoms with Gasteiger partial charge >= 0.3 is 0 Å². The van der Waals surface area contributed by atoms with E-state index in [1.807, 2.05) is 19.1 Å². The molecule has 0 bridgehead atoms. The first-order chi connectivity index (χ1) is 15.0. The number of nitrogens with zero attached hydrogens (tertiary/aromatic N) is 2. The number of carbonyl (C=O) groups excluding carboxylic acids is 1. The average Bonchev–Trinajstić information content (AvgIpc) is 3.14. The summed E-state index contributed by atoms with van der Waals surface area (Å²) in [5.74, 6) is 1.04. The molecule has 0 aliphatic heterocycles. The highest BCUT2D eigenvalue weighted by Gasteiger charge is 2.18. The molecule has 1 N–H and O–H groups in total. The Morgan fingerprint density at radius 3 is 2.81 bits per heavy atom. The molecule has 4 rings (SSSR count). The molecule has 1 amide bonds. The van der Waals surface area contributed by atoms with Crippen LogP contribution in [0.15, 0.2) is 51.9 Å². The molecule has 0 saturated carbocycles. The van der Waals surface area contributed by atoms with Gasteiger partial charge in [0, 0.05) is 28.6 Å². The number of hydrogen-bond acceptors (Lipinski definition) is 5. The lowest BCUT2D eigenvalue weighted by atomic mass is 10.1. The van der Waals surface area contributed by atoms with Crippen LogP contribution in [-0.2, 0) is 17.8 Å². The van der Waals surface area contributed by atoms with Crippen LogP contribution >= 0.6 is 11.6 Å². The summed E-state index contributed by atoms with van der Waals surface area (Å²) in [6, 6.07) is 10.5. The molecule has 0 radical (unpaired) electrons. The van der Waals surface area contributed by atoms with E-state index in [2.05, 4.69) is 9.97 Å². The normalized spacial score (nSPS) is 11.2. The number of H-pyrrole nitrogens is 1. The van der Waals surface area contributed by atoms with Gasteiger partial charge in [-0.1, -0.05) is 18.5 Å². The van der Waals surface area contributed by atoms with Crippen molar-refractivity contribution in [3.63, 3.8) is 0 Å². The number of carbonyl (C=O) groups is 1. The molecule has 4 aromatic rings. The highest BCUT2D eigenvalue weighted by Crippen LogP contribution is 2.26. The first-order valence-electron chi connectivity index (χ1n) is 9.99. The van der Waals surface area contributed by atoms with E-state index in [1.54, 1.807) is 42.5 Å². The van der Waals surface area contributed by atoms with Gasteiger partial charge in [-0.3, -0.25) is 9.59 Å². The number of aromatic nitrogens is 2. The molecule has 0 fully saturated rings. The molecule has 0 aliphatic rings. The number of aromatic amines is 1. The van der Waals surface area contributed by atoms with Gasteiger partial charge < -0.3 is 19.0 Å². The molecule has 0 unspecified atom stereocenters. The van der Waals surface area contributed by atoms with Gasteiger partial charge in [-0.2, -0.15) is 0 Å². The number of ether oxygens (including phenoxy) is 1. The third-order valence-corrected chi connectivity index (χ3v) is 5.34. The summed E-state index contributed by atoms with van der Waals surface area (Å²) < 4.78 is 10.8. The topological polar surface area (TPSA) is 88.4 Å². The quantitative estimate of drug-likeness (QED) is 0.463. The molecule has 0 spiro atoms. The van der Waals surface area contributed by atoms with Crippen LogP contribution in [0.1, 0.15) is 24.7 Å². The summed E-state index contributed by atoms with van der Waals surface area (Å²) in [5, 5.41) is 1.83. The zero-order chi connectivity index (χ0) is 22.0. The lowest BCUT2D eigenvalue weighted by Crippen LogP contribution is -2.33. The van der Waals surface area contributed by atoms with Crippen LogP contribution in [0.4, 0.5) is 0 Å². The second-order valence-corrected chi connectivity index (χ2v) is 7.73. The molecular formula is C23H22ClN3O4. The first kappa shape index (κ1) is 20.9. The summed E-state index contributed by atoms with van der Waals surface area (Å²) in [5.41, 5.74) is 1.72. The predicted molar refractivity (Wildman–Crippen MR) is 120 cm³/mol. The van der Waals surface area contributed by atoms with Crippen molar-refractivity contribution >= 4 is 39.4 Å². The maximum atomic E-state index is 13.1. The summed E-state index contributed by atoms with van der Waals surface area (Å²) in [6.45, 7) is 2.74. The molecule has 2 heterocycles. The number of methoxy groups -OCH3 is 1. The van der Waals surface area contributed by atoms with Crippen LogP contribution in [-0.4, -0.2) is 34.4 Å². The number of fused-ring (bicyclic) bond motifs is 2. The van der Waals surface area contributed by atoms with Crippen molar-refractivity contribution in [3.05, 3.63) is 69.4 Å². The summed E-state index contributed by atoms with van der Waals surface area (Å²) >= 11 is 6.04. The van der Waals surface area contributed by atoms with Crippen LogP contribution in [0.5, 0.6) is 5.75 Å². The summed E-state index contributed by atoms with van der Waals surface area (Å²) in [7, 11) is 1.59. The fourth-order valence-corrected chi connectivity index (χ4v) is 3.75. The monoisotopic (exact) mass is 439 g/mol. The second-order valence-electron chi connectivity index (χ2n) is 7.29. The van der Waals surface area contributed by atoms with Crippen molar-refractivity contribution in [1.82, 2.24) is 14.9 Å². The number of benzene rings is 2. The Balaban J connectivity index is 1.58. The molecule has 8 heteroatoms. The van der Waals surface area contributed by atoms with Crippen molar-refractivity contribution in [2.45, 2.75) is 26.3 Å². The first-order valence-corrected chi connectivity index (χ1v) is 10.4. The Bertz CT molecular complexity index is 1310. The standard InChI is InChI=1S/C23H22ClN3O4/c1-3-8-27(12-21-25-19-10-15(24)4-6-18(19)23(29)26-21)22(28)9-14-13-31-20-11-16(30-2)5-7-17(14)20/h4-7,10-11,13H,3,8-9,12H2,1-2H3,(H,25,26,29). The van der Waals surface area contributed by atoms with Gasteiger partial charge in [-0.15, -0.1) is 0 Å². The average molecular weight is 440 g/mol.